The van der Waals surface area contributed by atoms with Gasteiger partial charge in [-0.1, -0.05) is 0 Å². The van der Waals surface area contributed by atoms with Gasteiger partial charge >= 0.3 is 5.97 Å². The van der Waals surface area contributed by atoms with Gasteiger partial charge in [0, 0.05) is 18.8 Å². The maximum Gasteiger partial charge on any atom is 0.345 e. The van der Waals surface area contributed by atoms with E-state index < -0.39 is 7.74 Å². The lowest BCUT2D eigenvalue weighted by Crippen LogP contribution is -2.86. The third-order valence-electron chi connectivity index (χ3n) is 3.01. The fourth-order valence-electron chi connectivity index (χ4n) is 2.00. The van der Waals surface area contributed by atoms with Gasteiger partial charge in [-0.25, -0.2) is 4.79 Å². The Morgan fingerprint density at radius 1 is 1.25 bits per heavy atom. The average Bonchev–Trinajstić information content (AvgIpc) is 2.17. The number of piperidine rings is 1. The van der Waals surface area contributed by atoms with Gasteiger partial charge in [0.25, 0.3) is 0 Å². The lowest BCUT2D eigenvalue weighted by molar-refractivity contribution is -0.665. The van der Waals surface area contributed by atoms with Crippen LogP contribution in [0.3, 0.4) is 0 Å². The molecule has 3 nitrogen and oxygen atoms in total. The summed E-state index contributed by atoms with van der Waals surface area (Å²) in [4.78, 5) is 11.8. The molecule has 0 amide bonds. The molecule has 1 aliphatic heterocycles. The minimum atomic E-state index is -0.967. The van der Waals surface area contributed by atoms with Crippen LogP contribution in [0.5, 0.6) is 0 Å². The SMILES string of the molecule is CC(C)(OC(=O)C(Br)(Br)Br)C1CC[NH2+]CC1. The monoisotopic (exact) mass is 420 g/mol. The van der Waals surface area contributed by atoms with Crippen LogP contribution in [0.4, 0.5) is 0 Å². The Balaban J connectivity index is 2.59. The Hall–Kier alpha value is 0.870. The van der Waals surface area contributed by atoms with E-state index in [1.165, 1.54) is 0 Å². The van der Waals surface area contributed by atoms with Crippen LogP contribution >= 0.6 is 47.8 Å². The minimum absolute atomic E-state index is 0.341. The zero-order valence-corrected chi connectivity index (χ0v) is 14.2. The molecule has 0 unspecified atom stereocenters. The normalized spacial score (nSPS) is 19.6. The molecule has 0 bridgehead atoms. The number of esters is 1. The summed E-state index contributed by atoms with van der Waals surface area (Å²) in [5, 5.41) is 2.30. The van der Waals surface area contributed by atoms with Crippen molar-refractivity contribution in [1.29, 1.82) is 0 Å². The van der Waals surface area contributed by atoms with Gasteiger partial charge in [0.05, 0.1) is 13.1 Å². The van der Waals surface area contributed by atoms with Gasteiger partial charge in [0.1, 0.15) is 5.60 Å². The molecule has 0 spiro atoms. The number of carbonyl (C=O) groups is 1. The lowest BCUT2D eigenvalue weighted by atomic mass is 9.83. The van der Waals surface area contributed by atoms with E-state index in [9.17, 15) is 4.79 Å². The van der Waals surface area contributed by atoms with Crippen molar-refractivity contribution in [1.82, 2.24) is 0 Å². The average molecular weight is 423 g/mol. The molecular formula is C10H17Br3NO2+. The molecule has 0 saturated carbocycles. The highest BCUT2D eigenvalue weighted by atomic mass is 80.0. The van der Waals surface area contributed by atoms with Gasteiger partial charge in [0.15, 0.2) is 0 Å². The summed E-state index contributed by atoms with van der Waals surface area (Å²) in [7, 11) is 0. The number of rotatable bonds is 2. The predicted molar refractivity (Wildman–Crippen MR) is 74.1 cm³/mol. The topological polar surface area (TPSA) is 42.9 Å². The molecule has 1 fully saturated rings. The van der Waals surface area contributed by atoms with Gasteiger partial charge < -0.3 is 10.1 Å². The van der Waals surface area contributed by atoms with Crippen LogP contribution < -0.4 is 5.32 Å². The fraction of sp³-hybridized carbons (Fsp3) is 0.900. The minimum Gasteiger partial charge on any atom is -0.457 e. The van der Waals surface area contributed by atoms with Crippen LogP contribution in [0, 0.1) is 5.92 Å². The first-order chi connectivity index (χ1) is 7.23. The van der Waals surface area contributed by atoms with Gasteiger partial charge in [-0.2, -0.15) is 0 Å². The van der Waals surface area contributed by atoms with Crippen molar-refractivity contribution < 1.29 is 14.8 Å². The number of alkyl halides is 3. The summed E-state index contributed by atoms with van der Waals surface area (Å²) in [6.45, 7) is 6.21. The van der Waals surface area contributed by atoms with Crippen molar-refractivity contribution in [3.63, 3.8) is 0 Å². The molecule has 0 aromatic rings. The van der Waals surface area contributed by atoms with Crippen LogP contribution in [-0.2, 0) is 9.53 Å². The van der Waals surface area contributed by atoms with Gasteiger partial charge in [-0.3, -0.25) is 0 Å². The van der Waals surface area contributed by atoms with Crippen LogP contribution in [0.1, 0.15) is 26.7 Å². The first-order valence-electron chi connectivity index (χ1n) is 5.35. The fourth-order valence-corrected chi connectivity index (χ4v) is 2.24. The van der Waals surface area contributed by atoms with E-state index in [1.807, 2.05) is 13.8 Å². The van der Waals surface area contributed by atoms with Gasteiger partial charge in [-0.15, -0.1) is 0 Å². The quantitative estimate of drug-likeness (QED) is 0.547. The van der Waals surface area contributed by atoms with E-state index in [1.54, 1.807) is 0 Å². The lowest BCUT2D eigenvalue weighted by Gasteiger charge is -2.36. The summed E-state index contributed by atoms with van der Waals surface area (Å²) in [6, 6.07) is 0. The number of ether oxygens (including phenoxy) is 1. The number of halogens is 3. The summed E-state index contributed by atoms with van der Waals surface area (Å²) < 4.78 is 4.58. The molecule has 0 aromatic carbocycles. The number of nitrogens with two attached hydrogens (primary N) is 1. The van der Waals surface area contributed by atoms with Crippen molar-refractivity contribution in [3.8, 4) is 0 Å². The highest BCUT2D eigenvalue weighted by molar-refractivity contribution is 9.40. The number of carbonyl (C=O) groups excluding carboxylic acids is 1. The molecule has 0 aliphatic carbocycles. The number of hydrogen-bond acceptors (Lipinski definition) is 2. The second kappa shape index (κ2) is 5.67. The highest BCUT2D eigenvalue weighted by Crippen LogP contribution is 2.38. The Bertz CT molecular complexity index is 257. The van der Waals surface area contributed by atoms with E-state index in [4.69, 9.17) is 4.74 Å². The molecule has 1 rings (SSSR count). The maximum atomic E-state index is 11.8. The zero-order chi connectivity index (χ0) is 12.4. The van der Waals surface area contributed by atoms with Crippen LogP contribution in [0.2, 0.25) is 0 Å². The maximum absolute atomic E-state index is 11.8. The molecule has 2 N–H and O–H groups in total. The molecule has 6 heteroatoms. The Morgan fingerprint density at radius 2 is 1.75 bits per heavy atom. The zero-order valence-electron chi connectivity index (χ0n) is 9.43. The molecule has 0 atom stereocenters. The second-order valence-electron chi connectivity index (χ2n) is 4.63. The number of hydrogen-bond donors (Lipinski definition) is 1. The molecule has 94 valence electrons. The summed E-state index contributed by atoms with van der Waals surface area (Å²) in [5.41, 5.74) is -0.411. The van der Waals surface area contributed by atoms with E-state index >= 15 is 0 Å². The Labute approximate surface area is 121 Å². The highest BCUT2D eigenvalue weighted by Gasteiger charge is 2.40. The van der Waals surface area contributed by atoms with E-state index in [0.29, 0.717) is 5.92 Å². The standard InChI is InChI=1S/C10H16Br3NO2/c1-9(2,7-3-5-14-6-4-7)16-8(15)10(11,12)13/h7,14H,3-6H2,1-2H3/p+1. The van der Waals surface area contributed by atoms with E-state index in [0.717, 1.165) is 25.9 Å². The van der Waals surface area contributed by atoms with Crippen molar-refractivity contribution in [3.05, 3.63) is 0 Å². The van der Waals surface area contributed by atoms with E-state index in [2.05, 4.69) is 53.1 Å². The van der Waals surface area contributed by atoms with Crippen LogP contribution in [0.15, 0.2) is 0 Å². The summed E-state index contributed by atoms with van der Waals surface area (Å²) in [6.07, 6.45) is 2.19. The van der Waals surface area contributed by atoms with Crippen LogP contribution in [-0.4, -0.2) is 26.8 Å². The molecular weight excluding hydrogens is 406 g/mol. The predicted octanol–water partition coefficient (Wildman–Crippen LogP) is 2.12. The molecule has 0 aromatic heterocycles. The first kappa shape index (κ1) is 14.9. The summed E-state index contributed by atoms with van der Waals surface area (Å²) >= 11 is 9.52. The van der Waals surface area contributed by atoms with Crippen molar-refractivity contribution >= 4 is 53.8 Å². The van der Waals surface area contributed by atoms with Crippen molar-refractivity contribution in [2.75, 3.05) is 13.1 Å². The molecule has 16 heavy (non-hydrogen) atoms. The molecule has 0 radical (unpaired) electrons. The van der Waals surface area contributed by atoms with E-state index in [-0.39, 0.29) is 5.97 Å². The van der Waals surface area contributed by atoms with Crippen molar-refractivity contribution in [2.24, 2.45) is 5.92 Å². The molecule has 1 saturated heterocycles. The molecule has 1 aliphatic rings. The Morgan fingerprint density at radius 3 is 2.19 bits per heavy atom. The smallest absolute Gasteiger partial charge is 0.345 e. The summed E-state index contributed by atoms with van der Waals surface area (Å²) in [5.74, 6) is 0.100. The number of quaternary nitrogens is 1. The first-order valence-corrected chi connectivity index (χ1v) is 7.73. The van der Waals surface area contributed by atoms with Gasteiger partial charge in [0.2, 0.25) is 2.14 Å². The van der Waals surface area contributed by atoms with Crippen LogP contribution in [0.25, 0.3) is 0 Å². The largest absolute Gasteiger partial charge is 0.457 e. The third kappa shape index (κ3) is 4.27. The molecule has 1 heterocycles. The third-order valence-corrected chi connectivity index (χ3v) is 3.98. The van der Waals surface area contributed by atoms with Crippen molar-refractivity contribution in [2.45, 2.75) is 34.4 Å². The van der Waals surface area contributed by atoms with Gasteiger partial charge in [-0.05, 0) is 61.6 Å². The second-order valence-corrected chi connectivity index (χ2v) is 11.4. The Kier molecular flexibility index (Phi) is 5.29.